The smallest absolute Gasteiger partial charge is 0.339 e. The van der Waals surface area contributed by atoms with Gasteiger partial charge in [0.2, 0.25) is 0 Å². The van der Waals surface area contributed by atoms with Crippen molar-refractivity contribution >= 4 is 11.9 Å². The number of esters is 1. The lowest BCUT2D eigenvalue weighted by Crippen LogP contribution is -2.57. The Balaban J connectivity index is 1.25. The molecule has 35 heavy (non-hydrogen) atoms. The Morgan fingerprint density at radius 3 is 2.74 bits per heavy atom. The van der Waals surface area contributed by atoms with E-state index in [0.717, 1.165) is 41.6 Å². The first kappa shape index (κ1) is 23.5. The Hall–Kier alpha value is -3.25. The van der Waals surface area contributed by atoms with Crippen molar-refractivity contribution in [2.24, 2.45) is 0 Å². The molecule has 2 fully saturated rings. The first-order valence-electron chi connectivity index (χ1n) is 12.2. The summed E-state index contributed by atoms with van der Waals surface area (Å²) in [5, 5.41) is 15.6. The van der Waals surface area contributed by atoms with Crippen molar-refractivity contribution in [2.45, 2.75) is 37.0 Å². The number of amides is 1. The number of hydrogen-bond acceptors (Lipinski definition) is 7. The SMILES string of the molecule is CN1CC2(C1)OC(=O)c1ccc(-c3ccc(CC(C#N)NC(=O)C4CNCCCCO4)cc3)cc12. The van der Waals surface area contributed by atoms with Crippen LogP contribution in [0.3, 0.4) is 0 Å². The molecule has 1 amide bonds. The zero-order valence-corrected chi connectivity index (χ0v) is 19.9. The number of likely N-dealkylation sites (tertiary alicyclic amines) is 1. The van der Waals surface area contributed by atoms with Gasteiger partial charge in [0, 0.05) is 38.2 Å². The maximum atomic E-state index is 12.6. The van der Waals surface area contributed by atoms with E-state index >= 15 is 0 Å². The largest absolute Gasteiger partial charge is 0.448 e. The summed E-state index contributed by atoms with van der Waals surface area (Å²) in [7, 11) is 2.01. The highest BCUT2D eigenvalue weighted by atomic mass is 16.6. The van der Waals surface area contributed by atoms with E-state index < -0.39 is 17.7 Å². The number of carbonyl (C=O) groups excluding carboxylic acids is 2. The van der Waals surface area contributed by atoms with Gasteiger partial charge in [0.15, 0.2) is 5.60 Å². The van der Waals surface area contributed by atoms with Gasteiger partial charge < -0.3 is 20.1 Å². The van der Waals surface area contributed by atoms with E-state index in [0.29, 0.717) is 38.2 Å². The fourth-order valence-electron chi connectivity index (χ4n) is 5.13. The molecule has 0 saturated carbocycles. The van der Waals surface area contributed by atoms with E-state index in [4.69, 9.17) is 9.47 Å². The third kappa shape index (κ3) is 4.80. The fraction of sp³-hybridized carbons (Fsp3) is 0.444. The maximum absolute atomic E-state index is 12.6. The number of hydrogen-bond donors (Lipinski definition) is 2. The standard InChI is InChI=1S/C27H30N4O4/c1-31-16-27(17-31)23-13-20(8-9-22(23)26(33)35-27)19-6-4-18(5-7-19)12-21(14-28)30-25(32)24-15-29-10-2-3-11-34-24/h4-9,13,21,24,29H,2-3,10-12,15-17H2,1H3,(H,30,32). The molecule has 0 radical (unpaired) electrons. The number of ether oxygens (including phenoxy) is 2. The molecule has 2 N–H and O–H groups in total. The summed E-state index contributed by atoms with van der Waals surface area (Å²) in [5.74, 6) is -0.506. The average Bonchev–Trinajstić information content (AvgIpc) is 3.10. The van der Waals surface area contributed by atoms with Gasteiger partial charge in [-0.1, -0.05) is 30.3 Å². The molecule has 5 rings (SSSR count). The molecule has 0 aromatic heterocycles. The van der Waals surface area contributed by atoms with E-state index in [9.17, 15) is 14.9 Å². The molecule has 1 spiro atoms. The van der Waals surface area contributed by atoms with Gasteiger partial charge in [-0.25, -0.2) is 4.79 Å². The van der Waals surface area contributed by atoms with Crippen LogP contribution in [0, 0.1) is 11.3 Å². The maximum Gasteiger partial charge on any atom is 0.339 e. The zero-order chi connectivity index (χ0) is 24.4. The van der Waals surface area contributed by atoms with Crippen molar-refractivity contribution in [3.8, 4) is 17.2 Å². The topological polar surface area (TPSA) is 104 Å². The summed E-state index contributed by atoms with van der Waals surface area (Å²) < 4.78 is 11.4. The normalized spacial score (nSPS) is 22.2. The molecule has 8 heteroatoms. The van der Waals surface area contributed by atoms with Crippen LogP contribution in [0.25, 0.3) is 11.1 Å². The Bertz CT molecular complexity index is 1140. The van der Waals surface area contributed by atoms with Crippen LogP contribution in [0.2, 0.25) is 0 Å². The molecule has 2 atom stereocenters. The van der Waals surface area contributed by atoms with Gasteiger partial charge in [-0.15, -0.1) is 0 Å². The second-order valence-corrected chi connectivity index (χ2v) is 9.68. The fourth-order valence-corrected chi connectivity index (χ4v) is 5.13. The number of carbonyl (C=O) groups is 2. The summed E-state index contributed by atoms with van der Waals surface area (Å²) in [6, 6.07) is 15.4. The number of nitrogens with one attached hydrogen (secondary N) is 2. The van der Waals surface area contributed by atoms with Gasteiger partial charge >= 0.3 is 5.97 Å². The van der Waals surface area contributed by atoms with Crippen molar-refractivity contribution in [2.75, 3.05) is 39.8 Å². The molecular weight excluding hydrogens is 444 g/mol. The van der Waals surface area contributed by atoms with Crippen LogP contribution in [-0.2, 0) is 26.3 Å². The Morgan fingerprint density at radius 1 is 1.23 bits per heavy atom. The molecule has 182 valence electrons. The molecule has 3 heterocycles. The van der Waals surface area contributed by atoms with E-state index in [1.54, 1.807) is 0 Å². The monoisotopic (exact) mass is 474 g/mol. The summed E-state index contributed by atoms with van der Waals surface area (Å²) in [4.78, 5) is 27.1. The number of nitriles is 1. The third-order valence-corrected chi connectivity index (χ3v) is 6.96. The van der Waals surface area contributed by atoms with Crippen LogP contribution in [0.4, 0.5) is 0 Å². The van der Waals surface area contributed by atoms with Gasteiger partial charge in [0.25, 0.3) is 5.91 Å². The zero-order valence-electron chi connectivity index (χ0n) is 19.9. The van der Waals surface area contributed by atoms with E-state index in [2.05, 4.69) is 27.7 Å². The van der Waals surface area contributed by atoms with Crippen molar-refractivity contribution in [3.05, 3.63) is 59.2 Å². The molecule has 2 saturated heterocycles. The molecule has 3 aliphatic heterocycles. The number of fused-ring (bicyclic) bond motifs is 2. The van der Waals surface area contributed by atoms with Crippen LogP contribution in [0.15, 0.2) is 42.5 Å². The van der Waals surface area contributed by atoms with Gasteiger partial charge in [-0.3, -0.25) is 9.69 Å². The van der Waals surface area contributed by atoms with E-state index in [1.807, 2.05) is 43.4 Å². The van der Waals surface area contributed by atoms with Crippen LogP contribution >= 0.6 is 0 Å². The summed E-state index contributed by atoms with van der Waals surface area (Å²) in [6.07, 6.45) is 1.77. The minimum atomic E-state index is -0.638. The second kappa shape index (κ2) is 9.78. The lowest BCUT2D eigenvalue weighted by Gasteiger charge is -2.44. The number of benzene rings is 2. The summed E-state index contributed by atoms with van der Waals surface area (Å²) in [6.45, 7) is 3.29. The Kier molecular flexibility index (Phi) is 6.56. The van der Waals surface area contributed by atoms with Crippen LogP contribution in [0.5, 0.6) is 0 Å². The number of nitrogens with zero attached hydrogens (tertiary/aromatic N) is 2. The second-order valence-electron chi connectivity index (χ2n) is 9.68. The van der Waals surface area contributed by atoms with E-state index in [1.165, 1.54) is 0 Å². The molecule has 2 aromatic rings. The van der Waals surface area contributed by atoms with Crippen LogP contribution in [-0.4, -0.2) is 68.8 Å². The summed E-state index contributed by atoms with van der Waals surface area (Å²) >= 11 is 0. The molecule has 0 aliphatic carbocycles. The van der Waals surface area contributed by atoms with Crippen molar-refractivity contribution < 1.29 is 19.1 Å². The average molecular weight is 475 g/mol. The van der Waals surface area contributed by atoms with Gasteiger partial charge in [0.1, 0.15) is 12.1 Å². The van der Waals surface area contributed by atoms with Crippen molar-refractivity contribution in [3.63, 3.8) is 0 Å². The number of rotatable bonds is 5. The summed E-state index contributed by atoms with van der Waals surface area (Å²) in [5.41, 5.74) is 4.07. The Labute approximate surface area is 205 Å². The Morgan fingerprint density at radius 2 is 2.00 bits per heavy atom. The van der Waals surface area contributed by atoms with Crippen LogP contribution in [0.1, 0.15) is 34.3 Å². The highest BCUT2D eigenvalue weighted by Gasteiger charge is 2.52. The molecule has 2 aromatic carbocycles. The lowest BCUT2D eigenvalue weighted by molar-refractivity contribution is -0.133. The highest BCUT2D eigenvalue weighted by Crippen LogP contribution is 2.44. The first-order chi connectivity index (χ1) is 17.0. The minimum absolute atomic E-state index is 0.250. The predicted octanol–water partition coefficient (Wildman–Crippen LogP) is 1.98. The molecule has 3 aliphatic rings. The quantitative estimate of drug-likeness (QED) is 0.639. The molecule has 0 bridgehead atoms. The number of likely N-dealkylation sites (N-methyl/N-ethyl adjacent to an activating group) is 1. The van der Waals surface area contributed by atoms with Gasteiger partial charge in [-0.2, -0.15) is 5.26 Å². The highest BCUT2D eigenvalue weighted by molar-refractivity contribution is 5.96. The first-order valence-corrected chi connectivity index (χ1v) is 12.2. The van der Waals surface area contributed by atoms with Crippen molar-refractivity contribution in [1.82, 2.24) is 15.5 Å². The van der Waals surface area contributed by atoms with Gasteiger partial charge in [0.05, 0.1) is 11.6 Å². The lowest BCUT2D eigenvalue weighted by atomic mass is 9.84. The minimum Gasteiger partial charge on any atom is -0.448 e. The third-order valence-electron chi connectivity index (χ3n) is 6.96. The van der Waals surface area contributed by atoms with E-state index in [-0.39, 0.29) is 11.9 Å². The molecule has 8 nitrogen and oxygen atoms in total. The molecule has 2 unspecified atom stereocenters. The predicted molar refractivity (Wildman–Crippen MR) is 130 cm³/mol. The van der Waals surface area contributed by atoms with Crippen LogP contribution < -0.4 is 10.6 Å². The van der Waals surface area contributed by atoms with Gasteiger partial charge in [-0.05, 0) is 55.3 Å². The van der Waals surface area contributed by atoms with Crippen molar-refractivity contribution in [1.29, 1.82) is 5.26 Å². The molecular formula is C27H30N4O4.